The molecule has 0 aromatic heterocycles. The Labute approximate surface area is 146 Å². The molecule has 0 aliphatic carbocycles. The van der Waals surface area contributed by atoms with Gasteiger partial charge in [0.25, 0.3) is 0 Å². The van der Waals surface area contributed by atoms with E-state index in [2.05, 4.69) is 32.8 Å². The zero-order valence-corrected chi connectivity index (χ0v) is 16.5. The first kappa shape index (κ1) is 24.5. The molecule has 136 valence electrons. The predicted octanol–water partition coefficient (Wildman–Crippen LogP) is 2.66. The third-order valence-electron chi connectivity index (χ3n) is 4.32. The molecule has 0 saturated carbocycles. The zero-order valence-electron chi connectivity index (χ0n) is 15.7. The summed E-state index contributed by atoms with van der Waals surface area (Å²) in [5, 5.41) is 0. The lowest BCUT2D eigenvalue weighted by molar-refractivity contribution is -0.00000569. The average molecular weight is 335 g/mol. The molecule has 0 spiro atoms. The van der Waals surface area contributed by atoms with Crippen LogP contribution in [0.15, 0.2) is 0 Å². The molecule has 0 saturated heterocycles. The minimum absolute atomic E-state index is 0. The summed E-state index contributed by atoms with van der Waals surface area (Å²) in [6.45, 7) is 6.34. The van der Waals surface area contributed by atoms with Crippen molar-refractivity contribution in [3.63, 3.8) is 0 Å². The highest BCUT2D eigenvalue weighted by Gasteiger charge is 2.10. The molecule has 22 heavy (non-hydrogen) atoms. The van der Waals surface area contributed by atoms with Crippen molar-refractivity contribution in [3.8, 4) is 0 Å². The van der Waals surface area contributed by atoms with Crippen LogP contribution in [0.4, 0.5) is 0 Å². The average Bonchev–Trinajstić information content (AvgIpc) is 2.47. The molecule has 0 aliphatic rings. The minimum atomic E-state index is 0. The third kappa shape index (κ3) is 16.6. The van der Waals surface area contributed by atoms with Crippen LogP contribution in [0.2, 0.25) is 0 Å². The molecular weight excluding hydrogens is 294 g/mol. The van der Waals surface area contributed by atoms with Crippen molar-refractivity contribution in [1.29, 1.82) is 0 Å². The van der Waals surface area contributed by atoms with Gasteiger partial charge in [0.1, 0.15) is 0 Å². The quantitative estimate of drug-likeness (QED) is 0.402. The molecule has 0 bridgehead atoms. The molecule has 0 aliphatic heterocycles. The van der Waals surface area contributed by atoms with E-state index in [9.17, 15) is 0 Å². The number of hydrogen-bond donors (Lipinski definition) is 0. The van der Waals surface area contributed by atoms with Crippen molar-refractivity contribution in [2.75, 3.05) is 27.3 Å². The topological polar surface area (TPSA) is 12.5 Å². The van der Waals surface area contributed by atoms with E-state index in [4.69, 9.17) is 4.74 Å². The Morgan fingerprint density at radius 3 is 1.73 bits per heavy atom. The summed E-state index contributed by atoms with van der Waals surface area (Å²) in [7, 11) is 4.36. The monoisotopic (exact) mass is 334 g/mol. The number of nitrogens with zero attached hydrogens (tertiary/aromatic N) is 1. The molecule has 0 rings (SSSR count). The summed E-state index contributed by atoms with van der Waals surface area (Å²) in [5.41, 5.74) is 0. The molecule has 1 atom stereocenters. The first-order valence-electron chi connectivity index (χ1n) is 9.46. The van der Waals surface area contributed by atoms with E-state index in [1.54, 1.807) is 0 Å². The summed E-state index contributed by atoms with van der Waals surface area (Å²) in [5.74, 6) is 0. The molecule has 0 amide bonds. The van der Waals surface area contributed by atoms with Crippen LogP contribution < -0.4 is 12.4 Å². The summed E-state index contributed by atoms with van der Waals surface area (Å²) < 4.78 is 5.79. The molecule has 0 heterocycles. The van der Waals surface area contributed by atoms with E-state index >= 15 is 0 Å². The van der Waals surface area contributed by atoms with Gasteiger partial charge in [0.15, 0.2) is 0 Å². The van der Waals surface area contributed by atoms with E-state index < -0.39 is 0 Å². The molecular formula is C19H41ClNO-. The molecule has 0 N–H and O–H groups in total. The van der Waals surface area contributed by atoms with Crippen molar-refractivity contribution in [1.82, 2.24) is 4.90 Å². The highest BCUT2D eigenvalue weighted by Crippen LogP contribution is 2.13. The van der Waals surface area contributed by atoms with Gasteiger partial charge in [0, 0.05) is 12.6 Å². The van der Waals surface area contributed by atoms with Crippen molar-refractivity contribution in [3.05, 3.63) is 0 Å². The second-order valence-electron chi connectivity index (χ2n) is 6.66. The fourth-order valence-electron chi connectivity index (χ4n) is 2.65. The second kappa shape index (κ2) is 19.3. The Balaban J connectivity index is 0. The molecule has 1 unspecified atom stereocenters. The standard InChI is InChI=1S/C19H41NO.ClH/c1-5-7-9-10-11-12-13-14-15-16-19(20(3)4)18-21-17-8-6-2;/h19H,5-18H2,1-4H3;1H/p-1. The predicted molar refractivity (Wildman–Crippen MR) is 95.0 cm³/mol. The van der Waals surface area contributed by atoms with E-state index in [1.165, 1.54) is 77.0 Å². The summed E-state index contributed by atoms with van der Waals surface area (Å²) in [4.78, 5) is 2.33. The van der Waals surface area contributed by atoms with E-state index in [0.29, 0.717) is 6.04 Å². The van der Waals surface area contributed by atoms with Gasteiger partial charge in [-0.3, -0.25) is 0 Å². The Morgan fingerprint density at radius 2 is 1.23 bits per heavy atom. The highest BCUT2D eigenvalue weighted by molar-refractivity contribution is 4.65. The number of rotatable bonds is 16. The number of likely N-dealkylation sites (N-methyl/N-ethyl adjacent to an activating group) is 1. The Kier molecular flexibility index (Phi) is 21.4. The molecule has 2 nitrogen and oxygen atoms in total. The van der Waals surface area contributed by atoms with Gasteiger partial charge < -0.3 is 22.0 Å². The maximum atomic E-state index is 5.79. The Bertz CT molecular complexity index is 200. The van der Waals surface area contributed by atoms with Crippen molar-refractivity contribution >= 4 is 0 Å². The summed E-state index contributed by atoms with van der Waals surface area (Å²) >= 11 is 0. The van der Waals surface area contributed by atoms with Gasteiger partial charge in [-0.25, -0.2) is 0 Å². The summed E-state index contributed by atoms with van der Waals surface area (Å²) in [6, 6.07) is 0.603. The fraction of sp³-hybridized carbons (Fsp3) is 1.00. The largest absolute Gasteiger partial charge is 1.00 e. The minimum Gasteiger partial charge on any atom is -1.00 e. The van der Waals surface area contributed by atoms with Gasteiger partial charge >= 0.3 is 0 Å². The SMILES string of the molecule is CCCCCCCCCCCC(COCCCC)N(C)C.[Cl-]. The van der Waals surface area contributed by atoms with Gasteiger partial charge in [-0.05, 0) is 26.9 Å². The zero-order chi connectivity index (χ0) is 15.8. The van der Waals surface area contributed by atoms with Crippen LogP contribution in [-0.2, 0) is 4.74 Å². The van der Waals surface area contributed by atoms with Crippen LogP contribution in [0.1, 0.15) is 90.9 Å². The molecule has 0 fully saturated rings. The van der Waals surface area contributed by atoms with Crippen molar-refractivity contribution in [2.45, 2.75) is 96.9 Å². The first-order chi connectivity index (χ1) is 10.2. The van der Waals surface area contributed by atoms with Gasteiger partial charge in [0.05, 0.1) is 6.61 Å². The fourth-order valence-corrected chi connectivity index (χ4v) is 2.65. The van der Waals surface area contributed by atoms with Gasteiger partial charge in [-0.1, -0.05) is 78.1 Å². The second-order valence-corrected chi connectivity index (χ2v) is 6.66. The van der Waals surface area contributed by atoms with Crippen LogP contribution in [0.5, 0.6) is 0 Å². The van der Waals surface area contributed by atoms with Gasteiger partial charge in [-0.15, -0.1) is 0 Å². The molecule has 3 heteroatoms. The first-order valence-corrected chi connectivity index (χ1v) is 9.46. The van der Waals surface area contributed by atoms with Crippen molar-refractivity contribution in [2.24, 2.45) is 0 Å². The number of ether oxygens (including phenoxy) is 1. The van der Waals surface area contributed by atoms with Crippen LogP contribution in [0.3, 0.4) is 0 Å². The van der Waals surface area contributed by atoms with E-state index in [1.807, 2.05) is 0 Å². The molecule has 0 radical (unpaired) electrons. The lowest BCUT2D eigenvalue weighted by atomic mass is 10.0. The third-order valence-corrected chi connectivity index (χ3v) is 4.32. The maximum absolute atomic E-state index is 5.79. The number of hydrogen-bond acceptors (Lipinski definition) is 2. The van der Waals surface area contributed by atoms with Gasteiger partial charge in [0.2, 0.25) is 0 Å². The Hall–Kier alpha value is 0.210. The highest BCUT2D eigenvalue weighted by atomic mass is 35.5. The summed E-state index contributed by atoms with van der Waals surface area (Å²) in [6.07, 6.45) is 16.4. The van der Waals surface area contributed by atoms with Gasteiger partial charge in [-0.2, -0.15) is 0 Å². The lowest BCUT2D eigenvalue weighted by Crippen LogP contribution is -3.00. The molecule has 0 aromatic rings. The van der Waals surface area contributed by atoms with Crippen LogP contribution in [0.25, 0.3) is 0 Å². The van der Waals surface area contributed by atoms with Crippen LogP contribution in [-0.4, -0.2) is 38.3 Å². The van der Waals surface area contributed by atoms with Crippen LogP contribution in [0, 0.1) is 0 Å². The van der Waals surface area contributed by atoms with E-state index in [0.717, 1.165) is 13.2 Å². The number of unbranched alkanes of at least 4 members (excludes halogenated alkanes) is 9. The lowest BCUT2D eigenvalue weighted by Gasteiger charge is -2.24. The molecule has 0 aromatic carbocycles. The van der Waals surface area contributed by atoms with E-state index in [-0.39, 0.29) is 12.4 Å². The smallest absolute Gasteiger partial charge is 0.0621 e. The maximum Gasteiger partial charge on any atom is 0.0621 e. The normalized spacial score (nSPS) is 12.4. The number of halogens is 1. The van der Waals surface area contributed by atoms with Crippen molar-refractivity contribution < 1.29 is 17.1 Å². The Morgan fingerprint density at radius 1 is 0.727 bits per heavy atom. The van der Waals surface area contributed by atoms with Crippen LogP contribution >= 0.6 is 0 Å².